The van der Waals surface area contributed by atoms with Crippen LogP contribution in [0.25, 0.3) is 0 Å². The van der Waals surface area contributed by atoms with E-state index in [4.69, 9.17) is 4.74 Å². The molecule has 0 heterocycles. The van der Waals surface area contributed by atoms with Crippen molar-refractivity contribution in [2.75, 3.05) is 0 Å². The highest BCUT2D eigenvalue weighted by atomic mass is 16.5. The topological polar surface area (TPSA) is 26.3 Å². The van der Waals surface area contributed by atoms with Crippen LogP contribution in [0.3, 0.4) is 0 Å². The molecule has 0 aliphatic heterocycles. The Morgan fingerprint density at radius 1 is 1.05 bits per heavy atom. The van der Waals surface area contributed by atoms with Gasteiger partial charge in [-0.3, -0.25) is 4.79 Å². The Morgan fingerprint density at radius 2 is 1.85 bits per heavy atom. The van der Waals surface area contributed by atoms with Crippen LogP contribution in [0.4, 0.5) is 0 Å². The van der Waals surface area contributed by atoms with Gasteiger partial charge in [-0.1, -0.05) is 30.3 Å². The van der Waals surface area contributed by atoms with Crippen LogP contribution in [-0.4, -0.2) is 6.29 Å². The molecule has 0 aromatic heterocycles. The van der Waals surface area contributed by atoms with E-state index in [1.807, 2.05) is 30.3 Å². The Hall–Kier alpha value is -2.09. The van der Waals surface area contributed by atoms with E-state index in [0.29, 0.717) is 12.2 Å². The number of carbonyl (C=O) groups excluding carboxylic acids is 1. The lowest BCUT2D eigenvalue weighted by atomic mass is 9.89. The van der Waals surface area contributed by atoms with E-state index >= 15 is 0 Å². The van der Waals surface area contributed by atoms with Crippen LogP contribution in [0.1, 0.15) is 39.9 Å². The Bertz CT molecular complexity index is 602. The zero-order chi connectivity index (χ0) is 13.8. The number of aryl methyl sites for hydroxylation is 1. The van der Waals surface area contributed by atoms with Gasteiger partial charge in [0, 0.05) is 5.56 Å². The summed E-state index contributed by atoms with van der Waals surface area (Å²) in [6, 6.07) is 14.0. The molecule has 2 aromatic carbocycles. The average molecular weight is 266 g/mol. The summed E-state index contributed by atoms with van der Waals surface area (Å²) in [6.45, 7) is 0.551. The molecule has 0 saturated carbocycles. The molecule has 3 rings (SSSR count). The van der Waals surface area contributed by atoms with Crippen molar-refractivity contribution < 1.29 is 9.53 Å². The highest BCUT2D eigenvalue weighted by Gasteiger charge is 2.15. The number of rotatable bonds is 4. The van der Waals surface area contributed by atoms with Gasteiger partial charge in [0.15, 0.2) is 0 Å². The number of ether oxygens (including phenoxy) is 1. The normalized spacial score (nSPS) is 13.6. The third-order valence-electron chi connectivity index (χ3n) is 3.82. The average Bonchev–Trinajstić information content (AvgIpc) is 2.53. The molecule has 1 aliphatic rings. The molecule has 0 saturated heterocycles. The van der Waals surface area contributed by atoms with Gasteiger partial charge in [0.25, 0.3) is 0 Å². The second kappa shape index (κ2) is 5.91. The summed E-state index contributed by atoms with van der Waals surface area (Å²) in [7, 11) is 0. The number of hydrogen-bond donors (Lipinski definition) is 0. The molecule has 2 aromatic rings. The van der Waals surface area contributed by atoms with Crippen molar-refractivity contribution in [1.82, 2.24) is 0 Å². The quantitative estimate of drug-likeness (QED) is 0.783. The van der Waals surface area contributed by atoms with Gasteiger partial charge < -0.3 is 4.74 Å². The molecule has 0 fully saturated rings. The van der Waals surface area contributed by atoms with Crippen molar-refractivity contribution in [3.63, 3.8) is 0 Å². The van der Waals surface area contributed by atoms with Gasteiger partial charge in [-0.15, -0.1) is 0 Å². The van der Waals surface area contributed by atoms with E-state index in [1.165, 1.54) is 24.0 Å². The van der Waals surface area contributed by atoms with Crippen molar-refractivity contribution in [1.29, 1.82) is 0 Å². The van der Waals surface area contributed by atoms with Gasteiger partial charge in [0.1, 0.15) is 18.6 Å². The van der Waals surface area contributed by atoms with Gasteiger partial charge in [-0.25, -0.2) is 0 Å². The van der Waals surface area contributed by atoms with Crippen LogP contribution in [-0.2, 0) is 19.4 Å². The van der Waals surface area contributed by atoms with Crippen LogP contribution in [0, 0.1) is 0 Å². The molecule has 0 bridgehead atoms. The Labute approximate surface area is 119 Å². The van der Waals surface area contributed by atoms with Crippen molar-refractivity contribution in [3.05, 3.63) is 64.7 Å². The van der Waals surface area contributed by atoms with Crippen LogP contribution in [0.2, 0.25) is 0 Å². The first-order valence-electron chi connectivity index (χ1n) is 7.14. The van der Waals surface area contributed by atoms with E-state index in [2.05, 4.69) is 12.1 Å². The monoisotopic (exact) mass is 266 g/mol. The van der Waals surface area contributed by atoms with Gasteiger partial charge in [0.2, 0.25) is 0 Å². The smallest absolute Gasteiger partial charge is 0.150 e. The lowest BCUT2D eigenvalue weighted by Crippen LogP contribution is -2.07. The summed E-state index contributed by atoms with van der Waals surface area (Å²) >= 11 is 0. The first kappa shape index (κ1) is 12.9. The van der Waals surface area contributed by atoms with E-state index in [0.717, 1.165) is 30.4 Å². The van der Waals surface area contributed by atoms with E-state index in [-0.39, 0.29) is 0 Å². The largest absolute Gasteiger partial charge is 0.489 e. The maximum absolute atomic E-state index is 11.1. The molecule has 20 heavy (non-hydrogen) atoms. The SMILES string of the molecule is O=Cc1cc2c(c(OCc3ccccc3)c1)CCCC2. The fourth-order valence-electron chi connectivity index (χ4n) is 2.78. The Balaban J connectivity index is 1.86. The summed E-state index contributed by atoms with van der Waals surface area (Å²) in [5.41, 5.74) is 4.43. The zero-order valence-corrected chi connectivity index (χ0v) is 11.5. The standard InChI is InChI=1S/C18H18O2/c19-12-15-10-16-8-4-5-9-17(16)18(11-15)20-13-14-6-2-1-3-7-14/h1-3,6-7,10-12H,4-5,8-9,13H2. The predicted octanol–water partition coefficient (Wildman–Crippen LogP) is 3.96. The minimum absolute atomic E-state index is 0.551. The molecule has 0 spiro atoms. The third-order valence-corrected chi connectivity index (χ3v) is 3.82. The first-order valence-corrected chi connectivity index (χ1v) is 7.14. The summed E-state index contributed by atoms with van der Waals surface area (Å²) in [4.78, 5) is 11.1. The molecular formula is C18H18O2. The maximum Gasteiger partial charge on any atom is 0.150 e. The fraction of sp³-hybridized carbons (Fsp3) is 0.278. The summed E-state index contributed by atoms with van der Waals surface area (Å²) in [6.07, 6.45) is 5.42. The highest BCUT2D eigenvalue weighted by molar-refractivity contribution is 5.76. The lowest BCUT2D eigenvalue weighted by Gasteiger charge is -2.20. The van der Waals surface area contributed by atoms with Crippen molar-refractivity contribution in [3.8, 4) is 5.75 Å². The predicted molar refractivity (Wildman–Crippen MR) is 79.2 cm³/mol. The fourth-order valence-corrected chi connectivity index (χ4v) is 2.78. The van der Waals surface area contributed by atoms with Gasteiger partial charge in [-0.2, -0.15) is 0 Å². The highest BCUT2D eigenvalue weighted by Crippen LogP contribution is 2.31. The molecule has 0 amide bonds. The van der Waals surface area contributed by atoms with Crippen molar-refractivity contribution in [2.45, 2.75) is 32.3 Å². The third kappa shape index (κ3) is 2.74. The van der Waals surface area contributed by atoms with E-state index in [9.17, 15) is 4.79 Å². The van der Waals surface area contributed by atoms with Gasteiger partial charge >= 0.3 is 0 Å². The minimum Gasteiger partial charge on any atom is -0.489 e. The summed E-state index contributed by atoms with van der Waals surface area (Å²) in [5.74, 6) is 0.883. The summed E-state index contributed by atoms with van der Waals surface area (Å²) in [5, 5.41) is 0. The number of carbonyl (C=O) groups is 1. The molecule has 0 unspecified atom stereocenters. The molecule has 0 atom stereocenters. The van der Waals surface area contributed by atoms with Gasteiger partial charge in [-0.05, 0) is 54.5 Å². The number of benzene rings is 2. The Kier molecular flexibility index (Phi) is 3.82. The molecule has 102 valence electrons. The van der Waals surface area contributed by atoms with Gasteiger partial charge in [0.05, 0.1) is 0 Å². The molecule has 0 radical (unpaired) electrons. The second-order valence-corrected chi connectivity index (χ2v) is 5.26. The van der Waals surface area contributed by atoms with Crippen molar-refractivity contribution in [2.24, 2.45) is 0 Å². The number of hydrogen-bond acceptors (Lipinski definition) is 2. The van der Waals surface area contributed by atoms with Crippen molar-refractivity contribution >= 4 is 6.29 Å². The van der Waals surface area contributed by atoms with E-state index < -0.39 is 0 Å². The Morgan fingerprint density at radius 3 is 2.65 bits per heavy atom. The van der Waals surface area contributed by atoms with E-state index in [1.54, 1.807) is 0 Å². The first-order chi connectivity index (χ1) is 9.86. The van der Waals surface area contributed by atoms with Crippen LogP contribution < -0.4 is 4.74 Å². The molecular weight excluding hydrogens is 248 g/mol. The molecule has 2 nitrogen and oxygen atoms in total. The number of fused-ring (bicyclic) bond motifs is 1. The summed E-state index contributed by atoms with van der Waals surface area (Å²) < 4.78 is 5.97. The zero-order valence-electron chi connectivity index (χ0n) is 11.5. The lowest BCUT2D eigenvalue weighted by molar-refractivity contribution is 0.112. The van der Waals surface area contributed by atoms with Crippen LogP contribution >= 0.6 is 0 Å². The second-order valence-electron chi connectivity index (χ2n) is 5.26. The number of aldehydes is 1. The maximum atomic E-state index is 11.1. The molecule has 2 heteroatoms. The minimum atomic E-state index is 0.551. The molecule has 1 aliphatic carbocycles. The van der Waals surface area contributed by atoms with Crippen LogP contribution in [0.5, 0.6) is 5.75 Å². The van der Waals surface area contributed by atoms with Crippen LogP contribution in [0.15, 0.2) is 42.5 Å². The molecule has 0 N–H and O–H groups in total.